The van der Waals surface area contributed by atoms with Crippen molar-refractivity contribution in [1.82, 2.24) is 15.1 Å². The summed E-state index contributed by atoms with van der Waals surface area (Å²) in [5, 5.41) is 3.49. The molecule has 2 heterocycles. The van der Waals surface area contributed by atoms with Crippen molar-refractivity contribution in [3.05, 3.63) is 0 Å². The topological polar surface area (TPSA) is 18.5 Å². The number of piperidine rings is 1. The van der Waals surface area contributed by atoms with E-state index in [4.69, 9.17) is 0 Å². The van der Waals surface area contributed by atoms with E-state index in [0.29, 0.717) is 0 Å². The van der Waals surface area contributed by atoms with Gasteiger partial charge < -0.3 is 10.2 Å². The van der Waals surface area contributed by atoms with Crippen molar-refractivity contribution in [2.24, 2.45) is 5.92 Å². The molecule has 1 unspecified atom stereocenters. The molecule has 0 aromatic rings. The predicted octanol–water partition coefficient (Wildman–Crippen LogP) is 1.15. The summed E-state index contributed by atoms with van der Waals surface area (Å²) in [5.74, 6) is 1.02. The second-order valence-electron chi connectivity index (χ2n) is 6.22. The highest BCUT2D eigenvalue weighted by Crippen LogP contribution is 2.36. The van der Waals surface area contributed by atoms with Crippen molar-refractivity contribution in [2.75, 3.05) is 39.8 Å². The highest BCUT2D eigenvalue weighted by Gasteiger charge is 2.37. The highest BCUT2D eigenvalue weighted by atomic mass is 15.3. The zero-order valence-electron chi connectivity index (χ0n) is 11.2. The molecule has 98 valence electrons. The Hall–Kier alpha value is -0.120. The Morgan fingerprint density at radius 3 is 2.47 bits per heavy atom. The molecule has 0 aromatic carbocycles. The van der Waals surface area contributed by atoms with E-state index in [1.165, 1.54) is 64.8 Å². The molecule has 0 amide bonds. The Bertz CT molecular complexity index is 246. The third-order valence-electron chi connectivity index (χ3n) is 4.94. The van der Waals surface area contributed by atoms with Crippen LogP contribution in [0.1, 0.15) is 32.1 Å². The zero-order chi connectivity index (χ0) is 11.7. The number of rotatable bonds is 2. The molecule has 1 atom stereocenters. The molecular weight excluding hydrogens is 210 g/mol. The molecule has 0 bridgehead atoms. The van der Waals surface area contributed by atoms with Crippen molar-refractivity contribution in [2.45, 2.75) is 44.2 Å². The van der Waals surface area contributed by atoms with Crippen molar-refractivity contribution >= 4 is 0 Å². The fourth-order valence-electron chi connectivity index (χ4n) is 3.65. The fraction of sp³-hybridized carbons (Fsp3) is 1.00. The van der Waals surface area contributed by atoms with Crippen molar-refractivity contribution in [1.29, 1.82) is 0 Å². The first-order valence-corrected chi connectivity index (χ1v) is 7.49. The summed E-state index contributed by atoms with van der Waals surface area (Å²) in [6.07, 6.45) is 7.05. The molecule has 1 saturated carbocycles. The van der Waals surface area contributed by atoms with Crippen LogP contribution in [0.5, 0.6) is 0 Å². The number of hydrogen-bond acceptors (Lipinski definition) is 3. The molecule has 3 fully saturated rings. The van der Waals surface area contributed by atoms with Gasteiger partial charge in [-0.25, -0.2) is 0 Å². The van der Waals surface area contributed by atoms with Gasteiger partial charge in [-0.15, -0.1) is 0 Å². The first kappa shape index (κ1) is 11.9. The van der Waals surface area contributed by atoms with Crippen LogP contribution in [0.2, 0.25) is 0 Å². The minimum atomic E-state index is 0.854. The van der Waals surface area contributed by atoms with E-state index < -0.39 is 0 Å². The summed E-state index contributed by atoms with van der Waals surface area (Å²) in [6.45, 7) is 6.43. The predicted molar refractivity (Wildman–Crippen MR) is 71.2 cm³/mol. The molecule has 2 saturated heterocycles. The van der Waals surface area contributed by atoms with Crippen molar-refractivity contribution in [3.63, 3.8) is 0 Å². The second-order valence-corrected chi connectivity index (χ2v) is 6.22. The maximum Gasteiger partial charge on any atom is 0.0248 e. The third kappa shape index (κ3) is 2.83. The lowest BCUT2D eigenvalue weighted by Crippen LogP contribution is -2.47. The first-order valence-electron chi connectivity index (χ1n) is 7.49. The van der Waals surface area contributed by atoms with E-state index in [9.17, 15) is 0 Å². The summed E-state index contributed by atoms with van der Waals surface area (Å²) in [6, 6.07) is 1.72. The lowest BCUT2D eigenvalue weighted by Gasteiger charge is -2.36. The standard InChI is InChI=1S/C14H27N3/c1-16-9-2-10-17(11-14(16)12-3-4-12)13-5-7-15-8-6-13/h12-15H,2-11H2,1H3. The molecule has 0 aromatic heterocycles. The summed E-state index contributed by atoms with van der Waals surface area (Å²) >= 11 is 0. The summed E-state index contributed by atoms with van der Waals surface area (Å²) in [4.78, 5) is 5.45. The van der Waals surface area contributed by atoms with E-state index in [1.54, 1.807) is 0 Å². The third-order valence-corrected chi connectivity index (χ3v) is 4.94. The highest BCUT2D eigenvalue weighted by molar-refractivity contribution is 4.92. The van der Waals surface area contributed by atoms with Crippen LogP contribution in [0.25, 0.3) is 0 Å². The van der Waals surface area contributed by atoms with Crippen molar-refractivity contribution < 1.29 is 0 Å². The van der Waals surface area contributed by atoms with Gasteiger partial charge in [0.1, 0.15) is 0 Å². The average Bonchev–Trinajstić information content (AvgIpc) is 3.17. The lowest BCUT2D eigenvalue weighted by atomic mass is 10.0. The van der Waals surface area contributed by atoms with E-state index in [1.807, 2.05) is 0 Å². The van der Waals surface area contributed by atoms with E-state index in [2.05, 4.69) is 22.2 Å². The van der Waals surface area contributed by atoms with Gasteiger partial charge in [0.25, 0.3) is 0 Å². The van der Waals surface area contributed by atoms with Crippen LogP contribution in [0, 0.1) is 5.92 Å². The molecule has 3 rings (SSSR count). The van der Waals surface area contributed by atoms with Gasteiger partial charge in [-0.1, -0.05) is 0 Å². The lowest BCUT2D eigenvalue weighted by molar-refractivity contribution is 0.132. The maximum absolute atomic E-state index is 3.49. The molecule has 3 aliphatic rings. The molecule has 0 spiro atoms. The molecule has 17 heavy (non-hydrogen) atoms. The van der Waals surface area contributed by atoms with Crippen LogP contribution in [0.15, 0.2) is 0 Å². The van der Waals surface area contributed by atoms with Gasteiger partial charge in [-0.3, -0.25) is 4.90 Å². The van der Waals surface area contributed by atoms with Crippen molar-refractivity contribution in [3.8, 4) is 0 Å². The van der Waals surface area contributed by atoms with Crippen LogP contribution in [-0.2, 0) is 0 Å². The Kier molecular flexibility index (Phi) is 3.69. The normalized spacial score (nSPS) is 34.8. The fourth-order valence-corrected chi connectivity index (χ4v) is 3.65. The Balaban J connectivity index is 1.62. The van der Waals surface area contributed by atoms with Gasteiger partial charge >= 0.3 is 0 Å². The molecule has 1 aliphatic carbocycles. The largest absolute Gasteiger partial charge is 0.317 e. The number of hydrogen-bond donors (Lipinski definition) is 1. The SMILES string of the molecule is CN1CCCN(C2CCNCC2)CC1C1CC1. The van der Waals surface area contributed by atoms with Gasteiger partial charge in [0, 0.05) is 18.6 Å². The van der Waals surface area contributed by atoms with E-state index in [0.717, 1.165) is 18.0 Å². The summed E-state index contributed by atoms with van der Waals surface area (Å²) in [7, 11) is 2.34. The zero-order valence-corrected chi connectivity index (χ0v) is 11.2. The van der Waals surface area contributed by atoms with Crippen LogP contribution in [0.3, 0.4) is 0 Å². The molecular formula is C14H27N3. The Morgan fingerprint density at radius 1 is 1.00 bits per heavy atom. The van der Waals surface area contributed by atoms with Gasteiger partial charge in [0.05, 0.1) is 0 Å². The average molecular weight is 237 g/mol. The van der Waals surface area contributed by atoms with Crippen LogP contribution >= 0.6 is 0 Å². The minimum Gasteiger partial charge on any atom is -0.317 e. The summed E-state index contributed by atoms with van der Waals surface area (Å²) < 4.78 is 0. The molecule has 0 radical (unpaired) electrons. The first-order chi connectivity index (χ1) is 8.34. The van der Waals surface area contributed by atoms with Crippen LogP contribution in [-0.4, -0.2) is 61.7 Å². The van der Waals surface area contributed by atoms with E-state index >= 15 is 0 Å². The molecule has 2 aliphatic heterocycles. The Labute approximate surface area is 106 Å². The van der Waals surface area contributed by atoms with E-state index in [-0.39, 0.29) is 0 Å². The number of nitrogens with one attached hydrogen (secondary N) is 1. The molecule has 3 heteroatoms. The number of likely N-dealkylation sites (N-methyl/N-ethyl adjacent to an activating group) is 1. The summed E-state index contributed by atoms with van der Waals surface area (Å²) in [5.41, 5.74) is 0. The minimum absolute atomic E-state index is 0.854. The van der Waals surface area contributed by atoms with Crippen LogP contribution < -0.4 is 5.32 Å². The number of nitrogens with zero attached hydrogens (tertiary/aromatic N) is 2. The van der Waals surface area contributed by atoms with Crippen LogP contribution in [0.4, 0.5) is 0 Å². The second kappa shape index (κ2) is 5.25. The van der Waals surface area contributed by atoms with Gasteiger partial charge in [0.15, 0.2) is 0 Å². The Morgan fingerprint density at radius 2 is 1.76 bits per heavy atom. The molecule has 1 N–H and O–H groups in total. The van der Waals surface area contributed by atoms with Gasteiger partial charge in [-0.05, 0) is 71.2 Å². The molecule has 3 nitrogen and oxygen atoms in total. The quantitative estimate of drug-likeness (QED) is 0.777. The van der Waals surface area contributed by atoms with Gasteiger partial charge in [-0.2, -0.15) is 0 Å². The monoisotopic (exact) mass is 237 g/mol. The van der Waals surface area contributed by atoms with Gasteiger partial charge in [0.2, 0.25) is 0 Å². The maximum atomic E-state index is 3.49. The smallest absolute Gasteiger partial charge is 0.0248 e.